The maximum absolute atomic E-state index is 13.6. The number of ether oxygens (including phenoxy) is 1. The van der Waals surface area contributed by atoms with Crippen molar-refractivity contribution < 1.29 is 9.13 Å². The van der Waals surface area contributed by atoms with Crippen LogP contribution in [-0.2, 0) is 13.0 Å². The van der Waals surface area contributed by atoms with Crippen molar-refractivity contribution in [1.29, 1.82) is 0 Å². The van der Waals surface area contributed by atoms with Gasteiger partial charge in [-0.1, -0.05) is 23.7 Å². The molecule has 0 aliphatic heterocycles. The van der Waals surface area contributed by atoms with Crippen LogP contribution in [0.4, 0.5) is 4.39 Å². The number of halogens is 2. The molecule has 0 heterocycles. The van der Waals surface area contributed by atoms with Gasteiger partial charge >= 0.3 is 0 Å². The predicted molar refractivity (Wildman–Crippen MR) is 77.4 cm³/mol. The topological polar surface area (TPSA) is 35.2 Å². The highest BCUT2D eigenvalue weighted by molar-refractivity contribution is 6.31. The first-order chi connectivity index (χ1) is 9.65. The van der Waals surface area contributed by atoms with E-state index in [-0.39, 0.29) is 18.5 Å². The third-order valence-corrected chi connectivity index (χ3v) is 4.04. The van der Waals surface area contributed by atoms with E-state index in [2.05, 4.69) is 0 Å². The first-order valence-corrected chi connectivity index (χ1v) is 6.97. The Morgan fingerprint density at radius 1 is 1.30 bits per heavy atom. The van der Waals surface area contributed by atoms with Crippen LogP contribution in [0, 0.1) is 5.82 Å². The second kappa shape index (κ2) is 5.43. The molecular formula is C16H15ClFNO. The number of nitrogens with two attached hydrogens (primary N) is 1. The van der Waals surface area contributed by atoms with Crippen molar-refractivity contribution in [1.82, 2.24) is 0 Å². The molecule has 1 unspecified atom stereocenters. The van der Waals surface area contributed by atoms with Crippen LogP contribution in [-0.4, -0.2) is 0 Å². The van der Waals surface area contributed by atoms with Gasteiger partial charge in [0.25, 0.3) is 0 Å². The van der Waals surface area contributed by atoms with Gasteiger partial charge in [0, 0.05) is 11.6 Å². The van der Waals surface area contributed by atoms with Gasteiger partial charge in [0.1, 0.15) is 18.2 Å². The molecule has 1 aliphatic rings. The Bertz CT molecular complexity index is 624. The lowest BCUT2D eigenvalue weighted by Gasteiger charge is -2.11. The highest BCUT2D eigenvalue weighted by atomic mass is 35.5. The summed E-state index contributed by atoms with van der Waals surface area (Å²) in [5, 5.41) is 0.383. The van der Waals surface area contributed by atoms with Crippen LogP contribution in [0.15, 0.2) is 36.4 Å². The van der Waals surface area contributed by atoms with Gasteiger partial charge in [-0.15, -0.1) is 0 Å². The fraction of sp³-hybridized carbons (Fsp3) is 0.250. The van der Waals surface area contributed by atoms with E-state index in [1.807, 2.05) is 18.2 Å². The zero-order valence-electron chi connectivity index (χ0n) is 10.9. The van der Waals surface area contributed by atoms with Gasteiger partial charge in [-0.05, 0) is 48.2 Å². The number of rotatable bonds is 3. The molecule has 0 fully saturated rings. The van der Waals surface area contributed by atoms with Gasteiger partial charge in [-0.25, -0.2) is 4.39 Å². The summed E-state index contributed by atoms with van der Waals surface area (Å²) in [4.78, 5) is 0. The van der Waals surface area contributed by atoms with Gasteiger partial charge < -0.3 is 10.5 Å². The SMILES string of the molecule is NC1CCc2cc(OCc3c(F)cccc3Cl)ccc21. The third-order valence-electron chi connectivity index (χ3n) is 3.68. The lowest BCUT2D eigenvalue weighted by atomic mass is 10.1. The lowest BCUT2D eigenvalue weighted by Crippen LogP contribution is -2.05. The Kier molecular flexibility index (Phi) is 3.64. The van der Waals surface area contributed by atoms with E-state index in [1.165, 1.54) is 17.2 Å². The first-order valence-electron chi connectivity index (χ1n) is 6.59. The number of fused-ring (bicyclic) bond motifs is 1. The van der Waals surface area contributed by atoms with Crippen molar-refractivity contribution in [2.45, 2.75) is 25.5 Å². The number of aryl methyl sites for hydroxylation is 1. The molecule has 0 aromatic heterocycles. The molecule has 1 atom stereocenters. The average Bonchev–Trinajstić information content (AvgIpc) is 2.79. The van der Waals surface area contributed by atoms with Crippen LogP contribution in [0.1, 0.15) is 29.2 Å². The molecule has 4 heteroatoms. The predicted octanol–water partition coefficient (Wildman–Crippen LogP) is 4.00. The standard InChI is InChI=1S/C16H15ClFNO/c17-14-2-1-3-15(18)13(14)9-20-11-5-6-12-10(8-11)4-7-16(12)19/h1-3,5-6,8,16H,4,7,9,19H2. The van der Waals surface area contributed by atoms with Crippen LogP contribution >= 0.6 is 11.6 Å². The van der Waals surface area contributed by atoms with Crippen molar-refractivity contribution >= 4 is 11.6 Å². The monoisotopic (exact) mass is 291 g/mol. The van der Waals surface area contributed by atoms with Crippen LogP contribution in [0.5, 0.6) is 5.75 Å². The van der Waals surface area contributed by atoms with Gasteiger partial charge in [-0.3, -0.25) is 0 Å². The molecule has 0 spiro atoms. The van der Waals surface area contributed by atoms with Gasteiger partial charge in [0.05, 0.1) is 5.02 Å². The molecule has 0 saturated heterocycles. The summed E-state index contributed by atoms with van der Waals surface area (Å²) in [6, 6.07) is 10.6. The molecule has 0 bridgehead atoms. The van der Waals surface area contributed by atoms with E-state index in [4.69, 9.17) is 22.1 Å². The summed E-state index contributed by atoms with van der Waals surface area (Å²) in [7, 11) is 0. The molecule has 2 aromatic rings. The Morgan fingerprint density at radius 2 is 2.15 bits per heavy atom. The Labute approximate surface area is 122 Å². The van der Waals surface area contributed by atoms with Crippen molar-refractivity contribution in [3.05, 3.63) is 63.9 Å². The largest absolute Gasteiger partial charge is 0.489 e. The molecule has 1 aliphatic carbocycles. The molecule has 3 rings (SSSR count). The zero-order valence-corrected chi connectivity index (χ0v) is 11.7. The van der Waals surface area contributed by atoms with E-state index in [1.54, 1.807) is 12.1 Å². The summed E-state index contributed by atoms with van der Waals surface area (Å²) in [6.45, 7) is 0.121. The maximum atomic E-state index is 13.6. The third kappa shape index (κ3) is 2.51. The molecule has 2 N–H and O–H groups in total. The fourth-order valence-corrected chi connectivity index (χ4v) is 2.76. The Balaban J connectivity index is 1.76. The summed E-state index contributed by atoms with van der Waals surface area (Å²) in [6.07, 6.45) is 1.94. The van der Waals surface area contributed by atoms with Gasteiger partial charge in [-0.2, -0.15) is 0 Å². The minimum Gasteiger partial charge on any atom is -0.489 e. The van der Waals surface area contributed by atoms with Crippen LogP contribution in [0.2, 0.25) is 5.02 Å². The summed E-state index contributed by atoms with van der Waals surface area (Å²) in [5.41, 5.74) is 8.77. The second-order valence-electron chi connectivity index (χ2n) is 4.99. The van der Waals surface area contributed by atoms with Crippen LogP contribution in [0.25, 0.3) is 0 Å². The van der Waals surface area contributed by atoms with Crippen molar-refractivity contribution in [2.75, 3.05) is 0 Å². The smallest absolute Gasteiger partial charge is 0.131 e. The molecular weight excluding hydrogens is 277 g/mol. The molecule has 0 amide bonds. The minimum atomic E-state index is -0.347. The molecule has 104 valence electrons. The average molecular weight is 292 g/mol. The summed E-state index contributed by atoms with van der Waals surface area (Å²) >= 11 is 5.97. The maximum Gasteiger partial charge on any atom is 0.131 e. The van der Waals surface area contributed by atoms with E-state index in [0.717, 1.165) is 18.6 Å². The highest BCUT2D eigenvalue weighted by Crippen LogP contribution is 2.32. The molecule has 2 aromatic carbocycles. The normalized spacial score (nSPS) is 17.1. The summed E-state index contributed by atoms with van der Waals surface area (Å²) < 4.78 is 19.3. The first kappa shape index (κ1) is 13.4. The van der Waals surface area contributed by atoms with E-state index in [9.17, 15) is 4.39 Å². The number of benzene rings is 2. The molecule has 0 saturated carbocycles. The van der Waals surface area contributed by atoms with Crippen molar-refractivity contribution in [2.24, 2.45) is 5.73 Å². The van der Waals surface area contributed by atoms with Crippen LogP contribution in [0.3, 0.4) is 0 Å². The summed E-state index contributed by atoms with van der Waals surface area (Å²) in [5.74, 6) is 0.373. The minimum absolute atomic E-state index is 0.121. The van der Waals surface area contributed by atoms with Gasteiger partial charge in [0.2, 0.25) is 0 Å². The molecule has 0 radical (unpaired) electrons. The molecule has 2 nitrogen and oxygen atoms in total. The van der Waals surface area contributed by atoms with E-state index >= 15 is 0 Å². The quantitative estimate of drug-likeness (QED) is 0.927. The lowest BCUT2D eigenvalue weighted by molar-refractivity contribution is 0.299. The zero-order chi connectivity index (χ0) is 14.1. The Hall–Kier alpha value is -1.58. The second-order valence-corrected chi connectivity index (χ2v) is 5.40. The van der Waals surface area contributed by atoms with Crippen LogP contribution < -0.4 is 10.5 Å². The van der Waals surface area contributed by atoms with E-state index in [0.29, 0.717) is 10.6 Å². The number of hydrogen-bond donors (Lipinski definition) is 1. The van der Waals surface area contributed by atoms with Crippen molar-refractivity contribution in [3.8, 4) is 5.75 Å². The van der Waals surface area contributed by atoms with Gasteiger partial charge in [0.15, 0.2) is 0 Å². The van der Waals surface area contributed by atoms with Crippen molar-refractivity contribution in [3.63, 3.8) is 0 Å². The fourth-order valence-electron chi connectivity index (χ4n) is 2.54. The number of hydrogen-bond acceptors (Lipinski definition) is 2. The molecule has 20 heavy (non-hydrogen) atoms. The highest BCUT2D eigenvalue weighted by Gasteiger charge is 2.19. The Morgan fingerprint density at radius 3 is 2.95 bits per heavy atom. The van der Waals surface area contributed by atoms with E-state index < -0.39 is 0 Å².